The molecule has 0 saturated carbocycles. The number of ether oxygens (including phenoxy) is 1. The minimum Gasteiger partial charge on any atom is -0.463 e. The second kappa shape index (κ2) is 7.25. The smallest absolute Gasteiger partial charge is 0.406 e. The first kappa shape index (κ1) is 17.2. The van der Waals surface area contributed by atoms with Crippen LogP contribution >= 0.6 is 0 Å². The number of rotatable bonds is 7. The number of nitrogen functional groups attached to an aromatic ring is 1. The van der Waals surface area contributed by atoms with E-state index in [0.717, 1.165) is 4.90 Å². The molecule has 21 heavy (non-hydrogen) atoms. The molecule has 3 N–H and O–H groups in total. The fraction of sp³-hybridized carbons (Fsp3) is 0.727. The molecule has 10 heteroatoms. The molecule has 120 valence electrons. The van der Waals surface area contributed by atoms with E-state index in [1.165, 1.54) is 0 Å². The monoisotopic (exact) mass is 308 g/mol. The van der Waals surface area contributed by atoms with Crippen LogP contribution in [0.25, 0.3) is 0 Å². The fourth-order valence-corrected chi connectivity index (χ4v) is 1.47. The molecule has 0 aromatic carbocycles. The first-order valence-electron chi connectivity index (χ1n) is 6.45. The summed E-state index contributed by atoms with van der Waals surface area (Å²) >= 11 is 0. The molecule has 1 aromatic rings. The molecular formula is C11H19F3N6O. The van der Waals surface area contributed by atoms with Gasteiger partial charge in [-0.2, -0.15) is 28.1 Å². The zero-order valence-electron chi connectivity index (χ0n) is 12.1. The average molecular weight is 308 g/mol. The number of nitrogens with zero attached hydrogens (tertiary/aromatic N) is 4. The van der Waals surface area contributed by atoms with Crippen LogP contribution in [0.15, 0.2) is 0 Å². The summed E-state index contributed by atoms with van der Waals surface area (Å²) in [5.74, 6) is 5.02. The lowest BCUT2D eigenvalue weighted by Crippen LogP contribution is -2.40. The van der Waals surface area contributed by atoms with E-state index in [4.69, 9.17) is 10.6 Å². The molecule has 1 heterocycles. The van der Waals surface area contributed by atoms with Gasteiger partial charge in [0.1, 0.15) is 6.54 Å². The molecule has 0 saturated heterocycles. The van der Waals surface area contributed by atoms with Gasteiger partial charge < -0.3 is 9.64 Å². The highest BCUT2D eigenvalue weighted by atomic mass is 19.4. The van der Waals surface area contributed by atoms with Gasteiger partial charge in [-0.15, -0.1) is 0 Å². The lowest BCUT2D eigenvalue weighted by Gasteiger charge is -2.27. The molecule has 0 atom stereocenters. The van der Waals surface area contributed by atoms with E-state index in [0.29, 0.717) is 13.0 Å². The fourth-order valence-electron chi connectivity index (χ4n) is 1.47. The minimum atomic E-state index is -4.38. The molecule has 0 radical (unpaired) electrons. The summed E-state index contributed by atoms with van der Waals surface area (Å²) in [6.07, 6.45) is -3.67. The molecule has 1 rings (SSSR count). The molecule has 7 nitrogen and oxygen atoms in total. The van der Waals surface area contributed by atoms with Crippen LogP contribution in [0.4, 0.5) is 25.1 Å². The van der Waals surface area contributed by atoms with Crippen LogP contribution in [0.1, 0.15) is 27.2 Å². The maximum atomic E-state index is 12.7. The van der Waals surface area contributed by atoms with Crippen molar-refractivity contribution in [3.05, 3.63) is 0 Å². The second-order valence-corrected chi connectivity index (χ2v) is 4.57. The maximum Gasteiger partial charge on any atom is 0.406 e. The van der Waals surface area contributed by atoms with Crippen LogP contribution in [0.2, 0.25) is 0 Å². The number of alkyl halides is 3. The van der Waals surface area contributed by atoms with Gasteiger partial charge in [0.25, 0.3) is 0 Å². The Morgan fingerprint density at radius 1 is 1.29 bits per heavy atom. The Morgan fingerprint density at radius 2 is 1.95 bits per heavy atom. The number of aromatic nitrogens is 3. The number of hydrogen-bond acceptors (Lipinski definition) is 7. The van der Waals surface area contributed by atoms with E-state index in [1.54, 1.807) is 13.8 Å². The third-order valence-electron chi connectivity index (χ3n) is 2.40. The van der Waals surface area contributed by atoms with E-state index in [9.17, 15) is 13.2 Å². The van der Waals surface area contributed by atoms with Crippen molar-refractivity contribution in [1.82, 2.24) is 15.0 Å². The van der Waals surface area contributed by atoms with Crippen molar-refractivity contribution in [1.29, 1.82) is 0 Å². The van der Waals surface area contributed by atoms with Gasteiger partial charge in [0.15, 0.2) is 0 Å². The second-order valence-electron chi connectivity index (χ2n) is 4.57. The number of nitrogens with one attached hydrogen (secondary N) is 1. The minimum absolute atomic E-state index is 0.0565. The highest BCUT2D eigenvalue weighted by molar-refractivity contribution is 5.38. The number of hydrogen-bond donors (Lipinski definition) is 2. The molecule has 0 bridgehead atoms. The molecule has 0 aliphatic heterocycles. The lowest BCUT2D eigenvalue weighted by molar-refractivity contribution is -0.120. The predicted molar refractivity (Wildman–Crippen MR) is 72.0 cm³/mol. The Labute approximate surface area is 120 Å². The Kier molecular flexibility index (Phi) is 5.94. The van der Waals surface area contributed by atoms with E-state index >= 15 is 0 Å². The molecule has 1 aromatic heterocycles. The summed E-state index contributed by atoms with van der Waals surface area (Å²) in [7, 11) is 0. The van der Waals surface area contributed by atoms with Gasteiger partial charge in [0, 0.05) is 6.04 Å². The summed E-state index contributed by atoms with van der Waals surface area (Å²) in [6, 6.07) is -0.527. The molecule has 0 spiro atoms. The number of nitrogens with two attached hydrogens (primary N) is 1. The lowest BCUT2D eigenvalue weighted by atomic mass is 10.3. The summed E-state index contributed by atoms with van der Waals surface area (Å²) in [5.41, 5.74) is 2.19. The zero-order chi connectivity index (χ0) is 16.0. The van der Waals surface area contributed by atoms with Gasteiger partial charge >= 0.3 is 12.2 Å². The number of hydrazine groups is 1. The van der Waals surface area contributed by atoms with E-state index in [1.807, 2.05) is 6.92 Å². The zero-order valence-corrected chi connectivity index (χ0v) is 12.1. The Bertz CT molecular complexity index is 454. The van der Waals surface area contributed by atoms with Crippen molar-refractivity contribution in [3.63, 3.8) is 0 Å². The van der Waals surface area contributed by atoms with Crippen LogP contribution < -0.4 is 20.9 Å². The summed E-state index contributed by atoms with van der Waals surface area (Å²) in [6.45, 7) is 4.27. The third kappa shape index (κ3) is 5.58. The van der Waals surface area contributed by atoms with Crippen LogP contribution in [-0.2, 0) is 0 Å². The maximum absolute atomic E-state index is 12.7. The highest BCUT2D eigenvalue weighted by Gasteiger charge is 2.33. The Hall–Kier alpha value is -1.84. The topological polar surface area (TPSA) is 89.2 Å². The number of anilines is 2. The number of halogens is 3. The molecule has 0 fully saturated rings. The van der Waals surface area contributed by atoms with Gasteiger partial charge in [-0.25, -0.2) is 5.84 Å². The standard InChI is InChI=1S/C11H19F3N6O/c1-4-5-21-10-17-8(19-15)16-9(18-10)20(7(2)3)6-11(12,13)14/h7H,4-6,15H2,1-3H3,(H,16,17,18,19). The average Bonchev–Trinajstić information content (AvgIpc) is 2.40. The van der Waals surface area contributed by atoms with Gasteiger partial charge in [0.2, 0.25) is 11.9 Å². The normalized spacial score (nSPS) is 11.6. The summed E-state index contributed by atoms with van der Waals surface area (Å²) in [4.78, 5) is 12.6. The molecule has 0 unspecified atom stereocenters. The van der Waals surface area contributed by atoms with Crippen LogP contribution in [0, 0.1) is 0 Å². The third-order valence-corrected chi connectivity index (χ3v) is 2.40. The van der Waals surface area contributed by atoms with E-state index in [2.05, 4.69) is 20.4 Å². The molecule has 0 amide bonds. The SMILES string of the molecule is CCCOc1nc(NN)nc(N(CC(F)(F)F)C(C)C)n1. The van der Waals surface area contributed by atoms with Gasteiger partial charge in [-0.1, -0.05) is 6.92 Å². The van der Waals surface area contributed by atoms with Crippen molar-refractivity contribution in [2.24, 2.45) is 5.84 Å². The van der Waals surface area contributed by atoms with Crippen molar-refractivity contribution < 1.29 is 17.9 Å². The van der Waals surface area contributed by atoms with Crippen LogP contribution in [-0.4, -0.2) is 40.3 Å². The van der Waals surface area contributed by atoms with Gasteiger partial charge in [0.05, 0.1) is 6.61 Å². The van der Waals surface area contributed by atoms with Gasteiger partial charge in [-0.3, -0.25) is 5.43 Å². The molecular weight excluding hydrogens is 289 g/mol. The van der Waals surface area contributed by atoms with Crippen molar-refractivity contribution in [2.45, 2.75) is 39.4 Å². The Morgan fingerprint density at radius 3 is 2.43 bits per heavy atom. The van der Waals surface area contributed by atoms with Gasteiger partial charge in [-0.05, 0) is 20.3 Å². The summed E-state index contributed by atoms with van der Waals surface area (Å²) < 4.78 is 43.2. The predicted octanol–water partition coefficient (Wildman–Crippen LogP) is 1.72. The van der Waals surface area contributed by atoms with E-state index < -0.39 is 18.8 Å². The quantitative estimate of drug-likeness (QED) is 0.585. The van der Waals surface area contributed by atoms with Crippen molar-refractivity contribution >= 4 is 11.9 Å². The van der Waals surface area contributed by atoms with Crippen LogP contribution in [0.5, 0.6) is 6.01 Å². The summed E-state index contributed by atoms with van der Waals surface area (Å²) in [5, 5.41) is 0. The largest absolute Gasteiger partial charge is 0.463 e. The van der Waals surface area contributed by atoms with E-state index in [-0.39, 0.29) is 17.9 Å². The van der Waals surface area contributed by atoms with Crippen molar-refractivity contribution in [3.8, 4) is 6.01 Å². The first-order chi connectivity index (χ1) is 9.76. The van der Waals surface area contributed by atoms with Crippen molar-refractivity contribution in [2.75, 3.05) is 23.5 Å². The Balaban J connectivity index is 3.11. The first-order valence-corrected chi connectivity index (χ1v) is 6.45. The molecule has 0 aliphatic carbocycles. The van der Waals surface area contributed by atoms with Crippen LogP contribution in [0.3, 0.4) is 0 Å². The highest BCUT2D eigenvalue weighted by Crippen LogP contribution is 2.23. The molecule has 0 aliphatic rings.